The first-order chi connectivity index (χ1) is 16.8. The number of imide groups is 1. The molecule has 1 aromatic rings. The minimum absolute atomic E-state index is 0.185. The molecule has 188 valence electrons. The van der Waals surface area contributed by atoms with Crippen molar-refractivity contribution in [1.82, 2.24) is 15.1 Å². The molecule has 2 unspecified atom stereocenters. The number of urea groups is 2. The van der Waals surface area contributed by atoms with E-state index in [2.05, 4.69) is 22.5 Å². The Morgan fingerprint density at radius 1 is 1.20 bits per heavy atom. The Kier molecular flexibility index (Phi) is 7.57. The van der Waals surface area contributed by atoms with Gasteiger partial charge in [-0.15, -0.1) is 0 Å². The van der Waals surface area contributed by atoms with Gasteiger partial charge in [-0.25, -0.2) is 19.5 Å². The summed E-state index contributed by atoms with van der Waals surface area (Å²) >= 11 is 0. The van der Waals surface area contributed by atoms with Crippen molar-refractivity contribution in [2.24, 2.45) is 22.7 Å². The summed E-state index contributed by atoms with van der Waals surface area (Å²) in [7, 11) is 0. The highest BCUT2D eigenvalue weighted by molar-refractivity contribution is 5.96. The molecule has 10 nitrogen and oxygen atoms in total. The number of amides is 4. The topological polar surface area (TPSA) is 124 Å². The van der Waals surface area contributed by atoms with E-state index in [4.69, 9.17) is 4.74 Å². The highest BCUT2D eigenvalue weighted by Gasteiger charge is 2.39. The number of carbonyl (C=O) groups excluding carboxylic acids is 2. The molecule has 1 aromatic carbocycles. The standard InChI is InChI=1S/C25H33N5O5/c1-3-29-24(33)28-23(30(25(29)34)15-17-6-4-16(2)5-7-17)27-19-8-10-20(11-9-19)35-21-14-18(22(31)32)12-13-26-21/h8-13,16-18,23,27H,3-7,14-15H2,1-2H3,(H,28,33)(H,31,32)/t16-,17-,18?,23?. The number of ether oxygens (including phenoxy) is 1. The van der Waals surface area contributed by atoms with Gasteiger partial charge in [0.2, 0.25) is 0 Å². The summed E-state index contributed by atoms with van der Waals surface area (Å²) in [6.45, 7) is 4.94. The zero-order valence-electron chi connectivity index (χ0n) is 20.1. The average Bonchev–Trinajstić information content (AvgIpc) is 2.84. The first-order valence-corrected chi connectivity index (χ1v) is 12.2. The van der Waals surface area contributed by atoms with E-state index >= 15 is 0 Å². The van der Waals surface area contributed by atoms with E-state index in [9.17, 15) is 19.5 Å². The van der Waals surface area contributed by atoms with Gasteiger partial charge >= 0.3 is 18.0 Å². The third kappa shape index (κ3) is 5.93. The molecule has 1 saturated carbocycles. The van der Waals surface area contributed by atoms with Gasteiger partial charge in [0.25, 0.3) is 0 Å². The number of carboxylic acid groups (broad SMARTS) is 1. The smallest absolute Gasteiger partial charge is 0.331 e. The second-order valence-corrected chi connectivity index (χ2v) is 9.44. The molecule has 2 heterocycles. The normalized spacial score (nSPS) is 26.7. The molecular formula is C25H33N5O5. The van der Waals surface area contributed by atoms with Crippen LogP contribution >= 0.6 is 0 Å². The van der Waals surface area contributed by atoms with E-state index in [1.165, 1.54) is 17.2 Å². The van der Waals surface area contributed by atoms with Gasteiger partial charge < -0.3 is 15.2 Å². The van der Waals surface area contributed by atoms with E-state index < -0.39 is 24.2 Å². The van der Waals surface area contributed by atoms with Crippen LogP contribution in [0.15, 0.2) is 41.5 Å². The Morgan fingerprint density at radius 2 is 1.91 bits per heavy atom. The number of hydrogen-bond acceptors (Lipinski definition) is 6. The Hall–Kier alpha value is -3.56. The lowest BCUT2D eigenvalue weighted by atomic mass is 9.83. The molecule has 4 rings (SSSR count). The molecule has 0 radical (unpaired) electrons. The minimum Gasteiger partial charge on any atom is -0.481 e. The zero-order valence-corrected chi connectivity index (χ0v) is 20.1. The van der Waals surface area contributed by atoms with Crippen LogP contribution in [0.2, 0.25) is 0 Å². The van der Waals surface area contributed by atoms with E-state index in [0.29, 0.717) is 36.3 Å². The number of nitrogens with one attached hydrogen (secondary N) is 2. The number of nitrogens with zero attached hydrogens (tertiary/aromatic N) is 3. The van der Waals surface area contributed by atoms with Crippen molar-refractivity contribution in [2.75, 3.05) is 18.4 Å². The molecule has 2 aliphatic heterocycles. The van der Waals surface area contributed by atoms with Gasteiger partial charge in [-0.2, -0.15) is 0 Å². The average molecular weight is 484 g/mol. The van der Waals surface area contributed by atoms with E-state index in [0.717, 1.165) is 31.6 Å². The van der Waals surface area contributed by atoms with Gasteiger partial charge in [0.15, 0.2) is 12.2 Å². The van der Waals surface area contributed by atoms with Crippen LogP contribution in [0, 0.1) is 17.8 Å². The molecule has 0 spiro atoms. The van der Waals surface area contributed by atoms with Crippen LogP contribution in [0.5, 0.6) is 5.75 Å². The number of carboxylic acids is 1. The highest BCUT2D eigenvalue weighted by Crippen LogP contribution is 2.30. The summed E-state index contributed by atoms with van der Waals surface area (Å²) in [5.74, 6) is 0.396. The summed E-state index contributed by atoms with van der Waals surface area (Å²) in [5, 5.41) is 15.4. The summed E-state index contributed by atoms with van der Waals surface area (Å²) in [6, 6.07) is 6.33. The third-order valence-electron chi connectivity index (χ3n) is 6.84. The molecule has 3 aliphatic rings. The predicted molar refractivity (Wildman–Crippen MR) is 131 cm³/mol. The molecule has 3 N–H and O–H groups in total. The molecular weight excluding hydrogens is 450 g/mol. The molecule has 1 saturated heterocycles. The predicted octanol–water partition coefficient (Wildman–Crippen LogP) is 4.07. The lowest BCUT2D eigenvalue weighted by molar-refractivity contribution is -0.139. The number of carbonyl (C=O) groups is 3. The number of aliphatic carboxylic acids is 1. The minimum atomic E-state index is -0.921. The number of rotatable bonds is 7. The quantitative estimate of drug-likeness (QED) is 0.537. The van der Waals surface area contributed by atoms with Gasteiger partial charge in [-0.3, -0.25) is 15.0 Å². The number of benzene rings is 1. The van der Waals surface area contributed by atoms with Crippen LogP contribution in [-0.2, 0) is 4.79 Å². The molecule has 1 aliphatic carbocycles. The summed E-state index contributed by atoms with van der Waals surface area (Å²) in [5.41, 5.74) is 0.705. The van der Waals surface area contributed by atoms with Crippen molar-refractivity contribution in [3.8, 4) is 5.75 Å². The summed E-state index contributed by atoms with van der Waals surface area (Å²) in [6.07, 6.45) is 6.96. The summed E-state index contributed by atoms with van der Waals surface area (Å²) < 4.78 is 5.74. The fourth-order valence-electron chi connectivity index (χ4n) is 4.68. The third-order valence-corrected chi connectivity index (χ3v) is 6.84. The number of anilines is 1. The van der Waals surface area contributed by atoms with Crippen LogP contribution in [0.1, 0.15) is 46.0 Å². The maximum Gasteiger partial charge on any atom is 0.331 e. The van der Waals surface area contributed by atoms with Crippen molar-refractivity contribution in [3.63, 3.8) is 0 Å². The van der Waals surface area contributed by atoms with E-state index in [1.54, 1.807) is 36.1 Å². The first-order valence-electron chi connectivity index (χ1n) is 12.2. The second kappa shape index (κ2) is 10.8. The van der Waals surface area contributed by atoms with Crippen molar-refractivity contribution < 1.29 is 24.2 Å². The maximum atomic E-state index is 13.1. The van der Waals surface area contributed by atoms with Gasteiger partial charge in [0.05, 0.1) is 5.92 Å². The molecule has 0 aromatic heterocycles. The molecule has 35 heavy (non-hydrogen) atoms. The fraction of sp³-hybridized carbons (Fsp3) is 0.520. The zero-order chi connectivity index (χ0) is 24.9. The Labute approximate surface area is 205 Å². The monoisotopic (exact) mass is 483 g/mol. The second-order valence-electron chi connectivity index (χ2n) is 9.44. The van der Waals surface area contributed by atoms with Gasteiger partial charge in [0.1, 0.15) is 5.75 Å². The van der Waals surface area contributed by atoms with Crippen molar-refractivity contribution in [2.45, 2.75) is 52.2 Å². The van der Waals surface area contributed by atoms with Crippen LogP contribution in [0.25, 0.3) is 0 Å². The lowest BCUT2D eigenvalue weighted by Crippen LogP contribution is -2.67. The van der Waals surface area contributed by atoms with E-state index in [-0.39, 0.29) is 12.5 Å². The molecule has 4 amide bonds. The van der Waals surface area contributed by atoms with Gasteiger partial charge in [-0.05, 0) is 55.9 Å². The van der Waals surface area contributed by atoms with Gasteiger partial charge in [0, 0.05) is 31.4 Å². The summed E-state index contributed by atoms with van der Waals surface area (Å²) in [4.78, 5) is 43.9. The molecule has 10 heteroatoms. The van der Waals surface area contributed by atoms with E-state index in [1.807, 2.05) is 0 Å². The fourth-order valence-corrected chi connectivity index (χ4v) is 4.68. The highest BCUT2D eigenvalue weighted by atomic mass is 16.5. The molecule has 2 atom stereocenters. The van der Waals surface area contributed by atoms with Crippen molar-refractivity contribution in [3.05, 3.63) is 36.5 Å². The van der Waals surface area contributed by atoms with Crippen LogP contribution in [-0.4, -0.2) is 58.2 Å². The Balaban J connectivity index is 1.42. The van der Waals surface area contributed by atoms with Crippen molar-refractivity contribution >= 4 is 29.6 Å². The molecule has 2 fully saturated rings. The SMILES string of the molecule is CCN1C(=O)NC(Nc2ccc(OC3=NC=CC(C(=O)O)C3)cc2)N(C[C@H]2CC[C@H](C)CC2)C1=O. The number of hydrogen-bond donors (Lipinski definition) is 3. The maximum absolute atomic E-state index is 13.1. The lowest BCUT2D eigenvalue weighted by Gasteiger charge is -2.43. The van der Waals surface area contributed by atoms with Crippen LogP contribution < -0.4 is 15.4 Å². The van der Waals surface area contributed by atoms with Crippen molar-refractivity contribution in [1.29, 1.82) is 0 Å². The Morgan fingerprint density at radius 3 is 2.57 bits per heavy atom. The van der Waals surface area contributed by atoms with Gasteiger partial charge in [-0.1, -0.05) is 25.8 Å². The molecule has 0 bridgehead atoms. The van der Waals surface area contributed by atoms with Crippen LogP contribution in [0.4, 0.5) is 15.3 Å². The Bertz CT molecular complexity index is 1000. The number of aliphatic imine (C=N–C) groups is 1. The largest absolute Gasteiger partial charge is 0.481 e. The first kappa shape index (κ1) is 24.6. The van der Waals surface area contributed by atoms with Crippen LogP contribution in [0.3, 0.4) is 0 Å².